The fourth-order valence-electron chi connectivity index (χ4n) is 2.99. The Morgan fingerprint density at radius 2 is 1.81 bits per heavy atom. The molecule has 0 spiro atoms. The van der Waals surface area contributed by atoms with Crippen LogP contribution in [0.5, 0.6) is 0 Å². The number of hydrogen-bond acceptors (Lipinski definition) is 4. The van der Waals surface area contributed by atoms with Gasteiger partial charge in [0.15, 0.2) is 5.78 Å². The van der Waals surface area contributed by atoms with Crippen LogP contribution in [0.3, 0.4) is 0 Å². The van der Waals surface area contributed by atoms with Crippen LogP contribution in [0.15, 0.2) is 47.4 Å². The molecular weight excluding hydrogens is 352 g/mol. The molecule has 7 heteroatoms. The van der Waals surface area contributed by atoms with Gasteiger partial charge in [0.05, 0.1) is 4.90 Å². The highest BCUT2D eigenvalue weighted by Crippen LogP contribution is 2.24. The minimum absolute atomic E-state index is 0.0249. The SMILES string of the molecule is CC(=O)c1cccc(NS(=O)(=O)c2ccc3c(c2)CN(C(C)=O)CC3)c1. The maximum Gasteiger partial charge on any atom is 0.261 e. The van der Waals surface area contributed by atoms with Crippen molar-refractivity contribution < 1.29 is 18.0 Å². The summed E-state index contributed by atoms with van der Waals surface area (Å²) in [4.78, 5) is 24.9. The lowest BCUT2D eigenvalue weighted by Crippen LogP contribution is -2.34. The lowest BCUT2D eigenvalue weighted by molar-refractivity contribution is -0.129. The molecular formula is C19H20N2O4S. The standard InChI is InChI=1S/C19H20N2O4S/c1-13(22)16-4-3-5-18(10-16)20-26(24,25)19-7-6-15-8-9-21(14(2)23)12-17(15)11-19/h3-7,10-11,20H,8-9,12H2,1-2H3. The van der Waals surface area contributed by atoms with Gasteiger partial charge in [0, 0.05) is 31.3 Å². The molecule has 6 nitrogen and oxygen atoms in total. The molecule has 1 N–H and O–H groups in total. The number of hydrogen-bond donors (Lipinski definition) is 1. The van der Waals surface area contributed by atoms with Gasteiger partial charge in [0.2, 0.25) is 5.91 Å². The summed E-state index contributed by atoms with van der Waals surface area (Å²) in [5.41, 5.74) is 2.67. The van der Waals surface area contributed by atoms with Crippen molar-refractivity contribution in [3.05, 3.63) is 59.2 Å². The highest BCUT2D eigenvalue weighted by atomic mass is 32.2. The van der Waals surface area contributed by atoms with Crippen LogP contribution in [-0.2, 0) is 27.8 Å². The molecule has 0 saturated carbocycles. The van der Waals surface area contributed by atoms with Crippen LogP contribution in [0.4, 0.5) is 5.69 Å². The van der Waals surface area contributed by atoms with E-state index in [-0.39, 0.29) is 16.6 Å². The molecule has 1 aliphatic rings. The topological polar surface area (TPSA) is 83.6 Å². The Morgan fingerprint density at radius 3 is 2.50 bits per heavy atom. The van der Waals surface area contributed by atoms with Gasteiger partial charge in [0.25, 0.3) is 10.0 Å². The van der Waals surface area contributed by atoms with Gasteiger partial charge in [-0.05, 0) is 48.7 Å². The van der Waals surface area contributed by atoms with Crippen LogP contribution < -0.4 is 4.72 Å². The van der Waals surface area contributed by atoms with E-state index in [1.54, 1.807) is 41.3 Å². The molecule has 0 atom stereocenters. The molecule has 2 aromatic rings. The third kappa shape index (κ3) is 3.77. The fraction of sp³-hybridized carbons (Fsp3) is 0.263. The molecule has 1 amide bonds. The summed E-state index contributed by atoms with van der Waals surface area (Å²) >= 11 is 0. The summed E-state index contributed by atoms with van der Waals surface area (Å²) in [7, 11) is -3.79. The lowest BCUT2D eigenvalue weighted by atomic mass is 10.00. The summed E-state index contributed by atoms with van der Waals surface area (Å²) in [6.07, 6.45) is 0.712. The second-order valence-corrected chi connectivity index (χ2v) is 8.05. The van der Waals surface area contributed by atoms with Gasteiger partial charge in [-0.1, -0.05) is 18.2 Å². The number of ketones is 1. The van der Waals surface area contributed by atoms with Crippen LogP contribution in [0.1, 0.15) is 35.3 Å². The number of fused-ring (bicyclic) bond motifs is 1. The lowest BCUT2D eigenvalue weighted by Gasteiger charge is -2.28. The molecule has 0 saturated heterocycles. The second-order valence-electron chi connectivity index (χ2n) is 6.36. The predicted octanol–water partition coefficient (Wildman–Crippen LogP) is 2.59. The maximum atomic E-state index is 12.7. The summed E-state index contributed by atoms with van der Waals surface area (Å²) in [5.74, 6) is -0.160. The number of nitrogens with zero attached hydrogens (tertiary/aromatic N) is 1. The van der Waals surface area contributed by atoms with E-state index in [9.17, 15) is 18.0 Å². The highest BCUT2D eigenvalue weighted by Gasteiger charge is 2.22. The molecule has 2 aromatic carbocycles. The van der Waals surface area contributed by atoms with Gasteiger partial charge in [-0.2, -0.15) is 0 Å². The summed E-state index contributed by atoms with van der Waals surface area (Å²) in [6, 6.07) is 11.4. The number of benzene rings is 2. The van der Waals surface area contributed by atoms with Gasteiger partial charge in [0.1, 0.15) is 0 Å². The number of anilines is 1. The molecule has 1 aliphatic heterocycles. The predicted molar refractivity (Wildman–Crippen MR) is 98.5 cm³/mol. The van der Waals surface area contributed by atoms with E-state index in [4.69, 9.17) is 0 Å². The average molecular weight is 372 g/mol. The number of carbonyl (C=O) groups is 2. The molecule has 0 unspecified atom stereocenters. The first kappa shape index (κ1) is 18.1. The van der Waals surface area contributed by atoms with Crippen molar-refractivity contribution in [3.63, 3.8) is 0 Å². The largest absolute Gasteiger partial charge is 0.338 e. The molecule has 0 radical (unpaired) electrons. The Hall–Kier alpha value is -2.67. The Kier molecular flexibility index (Phi) is 4.82. The zero-order chi connectivity index (χ0) is 18.9. The van der Waals surface area contributed by atoms with E-state index in [1.165, 1.54) is 19.9 Å². The normalized spacial score (nSPS) is 13.8. The zero-order valence-electron chi connectivity index (χ0n) is 14.7. The van der Waals surface area contributed by atoms with Crippen molar-refractivity contribution >= 4 is 27.4 Å². The van der Waals surface area contributed by atoms with E-state index in [0.29, 0.717) is 30.8 Å². The van der Waals surface area contributed by atoms with E-state index >= 15 is 0 Å². The van der Waals surface area contributed by atoms with Gasteiger partial charge >= 0.3 is 0 Å². The third-order valence-corrected chi connectivity index (χ3v) is 5.85. The molecule has 0 aliphatic carbocycles. The van der Waals surface area contributed by atoms with Crippen molar-refractivity contribution in [2.75, 3.05) is 11.3 Å². The van der Waals surface area contributed by atoms with Crippen molar-refractivity contribution in [2.45, 2.75) is 31.7 Å². The van der Waals surface area contributed by atoms with Crippen LogP contribution >= 0.6 is 0 Å². The number of rotatable bonds is 4. The number of sulfonamides is 1. The Labute approximate surface area is 152 Å². The first-order valence-electron chi connectivity index (χ1n) is 8.27. The number of nitrogens with one attached hydrogen (secondary N) is 1. The van der Waals surface area contributed by atoms with Gasteiger partial charge in [-0.3, -0.25) is 14.3 Å². The van der Waals surface area contributed by atoms with Crippen LogP contribution in [0, 0.1) is 0 Å². The van der Waals surface area contributed by atoms with Crippen molar-refractivity contribution in [1.29, 1.82) is 0 Å². The second kappa shape index (κ2) is 6.92. The zero-order valence-corrected chi connectivity index (χ0v) is 15.5. The molecule has 1 heterocycles. The number of Topliss-reactive ketones (excluding diaryl/α,β-unsaturated/α-hetero) is 1. The van der Waals surface area contributed by atoms with Gasteiger partial charge in [-0.25, -0.2) is 8.42 Å². The van der Waals surface area contributed by atoms with E-state index in [0.717, 1.165) is 11.1 Å². The van der Waals surface area contributed by atoms with Crippen molar-refractivity contribution in [1.82, 2.24) is 4.90 Å². The summed E-state index contributed by atoms with van der Waals surface area (Å²) in [6.45, 7) is 3.99. The molecule has 3 rings (SSSR count). The summed E-state index contributed by atoms with van der Waals surface area (Å²) in [5, 5.41) is 0. The molecule has 0 fully saturated rings. The van der Waals surface area contributed by atoms with E-state index in [1.807, 2.05) is 0 Å². The Balaban J connectivity index is 1.88. The quantitative estimate of drug-likeness (QED) is 0.836. The smallest absolute Gasteiger partial charge is 0.261 e. The Bertz CT molecular complexity index is 983. The Morgan fingerprint density at radius 1 is 1.04 bits per heavy atom. The van der Waals surface area contributed by atoms with E-state index in [2.05, 4.69) is 4.72 Å². The highest BCUT2D eigenvalue weighted by molar-refractivity contribution is 7.92. The third-order valence-electron chi connectivity index (χ3n) is 4.47. The minimum atomic E-state index is -3.79. The number of carbonyl (C=O) groups excluding carboxylic acids is 2. The van der Waals surface area contributed by atoms with Crippen LogP contribution in [-0.4, -0.2) is 31.6 Å². The fourth-order valence-corrected chi connectivity index (χ4v) is 4.08. The monoisotopic (exact) mass is 372 g/mol. The van der Waals surface area contributed by atoms with Gasteiger partial charge < -0.3 is 4.90 Å². The minimum Gasteiger partial charge on any atom is -0.338 e. The van der Waals surface area contributed by atoms with Crippen LogP contribution in [0.2, 0.25) is 0 Å². The average Bonchev–Trinajstić information content (AvgIpc) is 2.60. The summed E-state index contributed by atoms with van der Waals surface area (Å²) < 4.78 is 27.9. The number of amides is 1. The molecule has 0 bridgehead atoms. The molecule has 136 valence electrons. The first-order valence-corrected chi connectivity index (χ1v) is 9.76. The van der Waals surface area contributed by atoms with Crippen LogP contribution in [0.25, 0.3) is 0 Å². The van der Waals surface area contributed by atoms with Crippen molar-refractivity contribution in [3.8, 4) is 0 Å². The van der Waals surface area contributed by atoms with E-state index < -0.39 is 10.0 Å². The maximum absolute atomic E-state index is 12.7. The molecule has 0 aromatic heterocycles. The first-order chi connectivity index (χ1) is 12.3. The molecule has 26 heavy (non-hydrogen) atoms. The van der Waals surface area contributed by atoms with Crippen molar-refractivity contribution in [2.24, 2.45) is 0 Å². The van der Waals surface area contributed by atoms with Gasteiger partial charge in [-0.15, -0.1) is 0 Å².